The molecule has 0 aromatic carbocycles. The Balaban J connectivity index is 1.66. The van der Waals surface area contributed by atoms with Gasteiger partial charge in [-0.1, -0.05) is 0 Å². The molecule has 1 saturated carbocycles. The topological polar surface area (TPSA) is 70.2 Å². The lowest BCUT2D eigenvalue weighted by atomic mass is 10.1. The highest BCUT2D eigenvalue weighted by Crippen LogP contribution is 2.18. The molecule has 1 heterocycles. The maximum absolute atomic E-state index is 11.3. The normalized spacial score (nSPS) is 25.9. The minimum atomic E-state index is -0.191. The highest BCUT2D eigenvalue weighted by atomic mass is 16.2. The van der Waals surface area contributed by atoms with Crippen LogP contribution in [-0.2, 0) is 9.59 Å². The molecule has 0 bridgehead atoms. The van der Waals surface area contributed by atoms with Crippen molar-refractivity contribution in [3.8, 4) is 0 Å². The Morgan fingerprint density at radius 1 is 1.40 bits per heavy atom. The summed E-state index contributed by atoms with van der Waals surface area (Å²) in [5.74, 6) is 0.0105. The van der Waals surface area contributed by atoms with Crippen LogP contribution in [0, 0.1) is 0 Å². The van der Waals surface area contributed by atoms with E-state index in [0.29, 0.717) is 6.04 Å². The van der Waals surface area contributed by atoms with Gasteiger partial charge in [-0.2, -0.15) is 0 Å². The summed E-state index contributed by atoms with van der Waals surface area (Å²) >= 11 is 0. The number of carbonyl (C=O) groups excluding carboxylic acids is 2. The number of nitrogens with one attached hydrogen (secondary N) is 3. The van der Waals surface area contributed by atoms with E-state index in [9.17, 15) is 9.59 Å². The molecule has 15 heavy (non-hydrogen) atoms. The van der Waals surface area contributed by atoms with Gasteiger partial charge in [0.05, 0.1) is 12.6 Å². The summed E-state index contributed by atoms with van der Waals surface area (Å²) in [7, 11) is 0. The zero-order valence-electron chi connectivity index (χ0n) is 8.71. The van der Waals surface area contributed by atoms with E-state index in [1.54, 1.807) is 0 Å². The van der Waals surface area contributed by atoms with Gasteiger partial charge in [-0.15, -0.1) is 0 Å². The zero-order chi connectivity index (χ0) is 10.7. The smallest absolute Gasteiger partial charge is 0.237 e. The monoisotopic (exact) mass is 211 g/mol. The summed E-state index contributed by atoms with van der Waals surface area (Å²) < 4.78 is 0. The number of hydrogen-bond donors (Lipinski definition) is 3. The summed E-state index contributed by atoms with van der Waals surface area (Å²) in [6, 6.07) is 0.197. The average Bonchev–Trinajstić information content (AvgIpc) is 3.00. The van der Waals surface area contributed by atoms with Crippen molar-refractivity contribution in [3.05, 3.63) is 0 Å². The van der Waals surface area contributed by atoms with Crippen LogP contribution in [-0.4, -0.2) is 37.0 Å². The third-order valence-corrected chi connectivity index (χ3v) is 2.74. The fourth-order valence-electron chi connectivity index (χ4n) is 1.69. The maximum Gasteiger partial charge on any atom is 0.237 e. The van der Waals surface area contributed by atoms with Crippen LogP contribution in [0.25, 0.3) is 0 Å². The van der Waals surface area contributed by atoms with E-state index in [-0.39, 0.29) is 24.4 Å². The minimum absolute atomic E-state index is 0.00382. The predicted molar refractivity (Wildman–Crippen MR) is 55.2 cm³/mol. The molecule has 1 unspecified atom stereocenters. The molecule has 2 rings (SSSR count). The molecule has 2 fully saturated rings. The van der Waals surface area contributed by atoms with Crippen LogP contribution in [0.15, 0.2) is 0 Å². The number of hydrogen-bond acceptors (Lipinski definition) is 3. The summed E-state index contributed by atoms with van der Waals surface area (Å²) in [5.41, 5.74) is 0. The van der Waals surface area contributed by atoms with Crippen molar-refractivity contribution in [3.63, 3.8) is 0 Å². The molecule has 2 aliphatic rings. The average molecular weight is 211 g/mol. The summed E-state index contributed by atoms with van der Waals surface area (Å²) in [6.07, 6.45) is 3.99. The molecule has 0 spiro atoms. The SMILES string of the molecule is O=C(CNC1CCCNC1=O)NC1CC1. The fraction of sp³-hybridized carbons (Fsp3) is 0.800. The summed E-state index contributed by atoms with van der Waals surface area (Å²) in [6.45, 7) is 1.000. The van der Waals surface area contributed by atoms with Gasteiger partial charge >= 0.3 is 0 Å². The Bertz CT molecular complexity index is 263. The second kappa shape index (κ2) is 4.61. The first kappa shape index (κ1) is 10.4. The van der Waals surface area contributed by atoms with Crippen molar-refractivity contribution in [1.82, 2.24) is 16.0 Å². The number of piperidine rings is 1. The molecule has 0 aromatic rings. The van der Waals surface area contributed by atoms with Crippen molar-refractivity contribution in [2.24, 2.45) is 0 Å². The quantitative estimate of drug-likeness (QED) is 0.566. The molecule has 5 heteroatoms. The van der Waals surface area contributed by atoms with E-state index < -0.39 is 0 Å². The highest BCUT2D eigenvalue weighted by Gasteiger charge is 2.25. The van der Waals surface area contributed by atoms with E-state index in [2.05, 4.69) is 16.0 Å². The van der Waals surface area contributed by atoms with Gasteiger partial charge in [0.1, 0.15) is 0 Å². The number of carbonyl (C=O) groups is 2. The molecule has 2 amide bonds. The Hall–Kier alpha value is -1.10. The molecular formula is C10H17N3O2. The first-order chi connectivity index (χ1) is 7.25. The van der Waals surface area contributed by atoms with Crippen LogP contribution in [0.4, 0.5) is 0 Å². The van der Waals surface area contributed by atoms with Crippen molar-refractivity contribution < 1.29 is 9.59 Å². The Morgan fingerprint density at radius 2 is 2.20 bits per heavy atom. The predicted octanol–water partition coefficient (Wildman–Crippen LogP) is -0.867. The van der Waals surface area contributed by atoms with E-state index in [1.807, 2.05) is 0 Å². The Morgan fingerprint density at radius 3 is 2.87 bits per heavy atom. The van der Waals surface area contributed by atoms with Crippen molar-refractivity contribution in [1.29, 1.82) is 0 Å². The molecule has 5 nitrogen and oxygen atoms in total. The largest absolute Gasteiger partial charge is 0.355 e. The lowest BCUT2D eigenvalue weighted by molar-refractivity contribution is -0.125. The first-order valence-corrected chi connectivity index (χ1v) is 5.56. The van der Waals surface area contributed by atoms with Crippen molar-refractivity contribution in [2.45, 2.75) is 37.8 Å². The molecule has 1 aliphatic heterocycles. The molecule has 0 radical (unpaired) electrons. The van der Waals surface area contributed by atoms with Crippen LogP contribution in [0.2, 0.25) is 0 Å². The van der Waals surface area contributed by atoms with Crippen LogP contribution in [0.3, 0.4) is 0 Å². The molecule has 1 saturated heterocycles. The zero-order valence-corrected chi connectivity index (χ0v) is 8.71. The summed E-state index contributed by atoms with van der Waals surface area (Å²) in [5, 5.41) is 8.63. The molecular weight excluding hydrogens is 194 g/mol. The fourth-order valence-corrected chi connectivity index (χ4v) is 1.69. The lowest BCUT2D eigenvalue weighted by Crippen LogP contribution is -2.50. The van der Waals surface area contributed by atoms with Crippen LogP contribution in [0.5, 0.6) is 0 Å². The first-order valence-electron chi connectivity index (χ1n) is 5.56. The van der Waals surface area contributed by atoms with E-state index >= 15 is 0 Å². The van der Waals surface area contributed by atoms with Gasteiger partial charge in [-0.3, -0.25) is 14.9 Å². The standard InChI is InChI=1S/C10H17N3O2/c14-9(13-7-3-4-7)6-12-8-2-1-5-11-10(8)15/h7-8,12H,1-6H2,(H,11,15)(H,13,14). The summed E-state index contributed by atoms with van der Waals surface area (Å²) in [4.78, 5) is 22.7. The molecule has 1 aliphatic carbocycles. The van der Waals surface area contributed by atoms with Gasteiger partial charge in [0.2, 0.25) is 11.8 Å². The molecule has 1 atom stereocenters. The highest BCUT2D eigenvalue weighted by molar-refractivity contribution is 5.84. The maximum atomic E-state index is 11.3. The van der Waals surface area contributed by atoms with E-state index in [4.69, 9.17) is 0 Å². The van der Waals surface area contributed by atoms with Gasteiger partial charge in [-0.25, -0.2) is 0 Å². The van der Waals surface area contributed by atoms with Crippen LogP contribution < -0.4 is 16.0 Å². The second-order valence-electron chi connectivity index (χ2n) is 4.21. The van der Waals surface area contributed by atoms with Crippen molar-refractivity contribution >= 4 is 11.8 Å². The Kier molecular flexibility index (Phi) is 3.20. The molecule has 3 N–H and O–H groups in total. The van der Waals surface area contributed by atoms with Crippen LogP contribution >= 0.6 is 0 Å². The van der Waals surface area contributed by atoms with E-state index in [0.717, 1.165) is 32.2 Å². The van der Waals surface area contributed by atoms with Gasteiger partial charge in [0.25, 0.3) is 0 Å². The third kappa shape index (κ3) is 3.20. The van der Waals surface area contributed by atoms with Crippen molar-refractivity contribution in [2.75, 3.05) is 13.1 Å². The Labute approximate surface area is 89.0 Å². The van der Waals surface area contributed by atoms with Gasteiger partial charge in [0.15, 0.2) is 0 Å². The molecule has 84 valence electrons. The van der Waals surface area contributed by atoms with E-state index in [1.165, 1.54) is 0 Å². The lowest BCUT2D eigenvalue weighted by Gasteiger charge is -2.22. The van der Waals surface area contributed by atoms with Gasteiger partial charge < -0.3 is 10.6 Å². The second-order valence-corrected chi connectivity index (χ2v) is 4.21. The number of rotatable bonds is 4. The van der Waals surface area contributed by atoms with Crippen LogP contribution in [0.1, 0.15) is 25.7 Å². The van der Waals surface area contributed by atoms with Gasteiger partial charge in [0, 0.05) is 12.6 Å². The molecule has 0 aromatic heterocycles. The third-order valence-electron chi connectivity index (χ3n) is 2.74. The van der Waals surface area contributed by atoms with Gasteiger partial charge in [-0.05, 0) is 25.7 Å². The minimum Gasteiger partial charge on any atom is -0.355 e. The number of amides is 2.